The SMILES string of the molecule is Cc1cc(NC(=O)C(=O)NCC(O)C2CCCCC2)no1. The topological polar surface area (TPSA) is 104 Å². The Morgan fingerprint density at radius 1 is 1.38 bits per heavy atom. The molecule has 0 aliphatic heterocycles. The van der Waals surface area contributed by atoms with Crippen molar-refractivity contribution < 1.29 is 19.2 Å². The number of hydrogen-bond acceptors (Lipinski definition) is 5. The van der Waals surface area contributed by atoms with Crippen molar-refractivity contribution >= 4 is 17.6 Å². The molecule has 1 aliphatic rings. The first-order chi connectivity index (χ1) is 10.1. The van der Waals surface area contributed by atoms with E-state index in [1.807, 2.05) is 0 Å². The number of aromatic nitrogens is 1. The lowest BCUT2D eigenvalue weighted by Gasteiger charge is -2.26. The first-order valence-electron chi connectivity index (χ1n) is 7.27. The van der Waals surface area contributed by atoms with Crippen molar-refractivity contribution in [3.05, 3.63) is 11.8 Å². The first-order valence-corrected chi connectivity index (χ1v) is 7.27. The van der Waals surface area contributed by atoms with Gasteiger partial charge in [-0.1, -0.05) is 24.4 Å². The summed E-state index contributed by atoms with van der Waals surface area (Å²) < 4.78 is 4.79. The minimum Gasteiger partial charge on any atom is -0.391 e. The molecule has 1 saturated carbocycles. The molecule has 1 atom stereocenters. The summed E-state index contributed by atoms with van der Waals surface area (Å²) in [6, 6.07) is 1.52. The van der Waals surface area contributed by atoms with Crippen molar-refractivity contribution in [3.63, 3.8) is 0 Å². The van der Waals surface area contributed by atoms with Gasteiger partial charge in [0, 0.05) is 12.6 Å². The number of carbonyl (C=O) groups excluding carboxylic acids is 2. The smallest absolute Gasteiger partial charge is 0.314 e. The summed E-state index contributed by atoms with van der Waals surface area (Å²) in [5.41, 5.74) is 0. The van der Waals surface area contributed by atoms with Gasteiger partial charge in [0.2, 0.25) is 0 Å². The van der Waals surface area contributed by atoms with E-state index in [0.717, 1.165) is 25.7 Å². The Kier molecular flexibility index (Phi) is 5.32. The fraction of sp³-hybridized carbons (Fsp3) is 0.643. The van der Waals surface area contributed by atoms with E-state index in [4.69, 9.17) is 4.52 Å². The molecule has 1 heterocycles. The third-order valence-corrected chi connectivity index (χ3v) is 3.74. The molecular formula is C14H21N3O4. The number of nitrogens with one attached hydrogen (secondary N) is 2. The summed E-state index contributed by atoms with van der Waals surface area (Å²) in [5, 5.41) is 18.4. The second kappa shape index (κ2) is 7.21. The summed E-state index contributed by atoms with van der Waals surface area (Å²) in [4.78, 5) is 23.3. The highest BCUT2D eigenvalue weighted by Gasteiger charge is 2.23. The maximum atomic E-state index is 11.6. The van der Waals surface area contributed by atoms with Gasteiger partial charge in [0.15, 0.2) is 5.82 Å². The van der Waals surface area contributed by atoms with Crippen molar-refractivity contribution in [3.8, 4) is 0 Å². The van der Waals surface area contributed by atoms with Crippen molar-refractivity contribution in [2.75, 3.05) is 11.9 Å². The second-order valence-corrected chi connectivity index (χ2v) is 5.45. The van der Waals surface area contributed by atoms with Crippen LogP contribution in [0.15, 0.2) is 10.6 Å². The van der Waals surface area contributed by atoms with Gasteiger partial charge in [-0.15, -0.1) is 0 Å². The van der Waals surface area contributed by atoms with E-state index in [0.29, 0.717) is 5.76 Å². The quantitative estimate of drug-likeness (QED) is 0.718. The lowest BCUT2D eigenvalue weighted by Crippen LogP contribution is -2.42. The van der Waals surface area contributed by atoms with Crippen molar-refractivity contribution in [2.45, 2.75) is 45.1 Å². The minimum atomic E-state index is -0.820. The molecular weight excluding hydrogens is 274 g/mol. The van der Waals surface area contributed by atoms with Crippen molar-refractivity contribution in [1.82, 2.24) is 10.5 Å². The van der Waals surface area contributed by atoms with Crippen molar-refractivity contribution in [1.29, 1.82) is 0 Å². The molecule has 7 nitrogen and oxygen atoms in total. The Bertz CT molecular complexity index is 494. The molecule has 1 aromatic rings. The Hall–Kier alpha value is -1.89. The van der Waals surface area contributed by atoms with Crippen LogP contribution >= 0.6 is 0 Å². The zero-order chi connectivity index (χ0) is 15.2. The number of rotatable bonds is 4. The molecule has 2 rings (SSSR count). The number of anilines is 1. The summed E-state index contributed by atoms with van der Waals surface area (Å²) in [6.07, 6.45) is 4.78. The molecule has 0 radical (unpaired) electrons. The predicted molar refractivity (Wildman–Crippen MR) is 75.5 cm³/mol. The van der Waals surface area contributed by atoms with Gasteiger partial charge in [-0.3, -0.25) is 14.9 Å². The number of aliphatic hydroxyl groups is 1. The number of amides is 2. The lowest BCUT2D eigenvalue weighted by atomic mass is 9.85. The maximum absolute atomic E-state index is 11.6. The third-order valence-electron chi connectivity index (χ3n) is 3.74. The highest BCUT2D eigenvalue weighted by atomic mass is 16.5. The molecule has 7 heteroatoms. The van der Waals surface area contributed by atoms with Gasteiger partial charge in [0.1, 0.15) is 5.76 Å². The molecule has 0 saturated heterocycles. The normalized spacial score (nSPS) is 17.2. The monoisotopic (exact) mass is 295 g/mol. The molecule has 0 aromatic carbocycles. The van der Waals surface area contributed by atoms with Crippen LogP contribution in [0, 0.1) is 12.8 Å². The predicted octanol–water partition coefficient (Wildman–Crippen LogP) is 0.979. The fourth-order valence-corrected chi connectivity index (χ4v) is 2.56. The Morgan fingerprint density at radius 3 is 2.71 bits per heavy atom. The number of nitrogens with zero attached hydrogens (tertiary/aromatic N) is 1. The Balaban J connectivity index is 1.74. The molecule has 116 valence electrons. The highest BCUT2D eigenvalue weighted by Crippen LogP contribution is 2.26. The second-order valence-electron chi connectivity index (χ2n) is 5.45. The van der Waals surface area contributed by atoms with E-state index in [1.165, 1.54) is 12.5 Å². The average Bonchev–Trinajstić information content (AvgIpc) is 2.90. The molecule has 1 fully saturated rings. The van der Waals surface area contributed by atoms with Gasteiger partial charge < -0.3 is 14.9 Å². The van der Waals surface area contributed by atoms with E-state index in [1.54, 1.807) is 6.92 Å². The van der Waals surface area contributed by atoms with E-state index in [9.17, 15) is 14.7 Å². The van der Waals surface area contributed by atoms with E-state index < -0.39 is 17.9 Å². The highest BCUT2D eigenvalue weighted by molar-refractivity contribution is 6.39. The Labute approximate surface area is 123 Å². The van der Waals surface area contributed by atoms with Gasteiger partial charge in [-0.05, 0) is 25.7 Å². The molecule has 3 N–H and O–H groups in total. The van der Waals surface area contributed by atoms with Crippen LogP contribution < -0.4 is 10.6 Å². The molecule has 1 unspecified atom stereocenters. The largest absolute Gasteiger partial charge is 0.391 e. The number of hydrogen-bond donors (Lipinski definition) is 3. The first kappa shape index (κ1) is 15.5. The summed E-state index contributed by atoms with van der Waals surface area (Å²) >= 11 is 0. The van der Waals surface area contributed by atoms with Crippen LogP contribution in [0.25, 0.3) is 0 Å². The molecule has 1 aliphatic carbocycles. The summed E-state index contributed by atoms with van der Waals surface area (Å²) in [6.45, 7) is 1.78. The van der Waals surface area contributed by atoms with Crippen molar-refractivity contribution in [2.24, 2.45) is 5.92 Å². The molecule has 0 spiro atoms. The van der Waals surface area contributed by atoms with Crippen LogP contribution in [-0.4, -0.2) is 34.7 Å². The van der Waals surface area contributed by atoms with Crippen LogP contribution in [-0.2, 0) is 9.59 Å². The van der Waals surface area contributed by atoms with Crippen LogP contribution in [0.5, 0.6) is 0 Å². The van der Waals surface area contributed by atoms with E-state index in [-0.39, 0.29) is 18.3 Å². The molecule has 1 aromatic heterocycles. The van der Waals surface area contributed by atoms with Crippen LogP contribution in [0.1, 0.15) is 37.9 Å². The van der Waals surface area contributed by atoms with E-state index in [2.05, 4.69) is 15.8 Å². The summed E-state index contributed by atoms with van der Waals surface area (Å²) in [5.74, 6) is -0.663. The zero-order valence-electron chi connectivity index (χ0n) is 12.1. The molecule has 0 bridgehead atoms. The number of aryl methyl sites for hydroxylation is 1. The Morgan fingerprint density at radius 2 is 2.10 bits per heavy atom. The van der Waals surface area contributed by atoms with Gasteiger partial charge >= 0.3 is 11.8 Å². The minimum absolute atomic E-state index is 0.0920. The third kappa shape index (κ3) is 4.56. The number of aliphatic hydroxyl groups excluding tert-OH is 1. The van der Waals surface area contributed by atoms with Crippen LogP contribution in [0.3, 0.4) is 0 Å². The standard InChI is InChI=1S/C14H21N3O4/c1-9-7-12(17-21-9)16-14(20)13(19)15-8-11(18)10-5-3-2-4-6-10/h7,10-11,18H,2-6,8H2,1H3,(H,15,19)(H,16,17,20). The van der Waals surface area contributed by atoms with Gasteiger partial charge in [-0.2, -0.15) is 0 Å². The van der Waals surface area contributed by atoms with Gasteiger partial charge in [0.05, 0.1) is 6.10 Å². The van der Waals surface area contributed by atoms with Crippen LogP contribution in [0.2, 0.25) is 0 Å². The van der Waals surface area contributed by atoms with E-state index >= 15 is 0 Å². The number of carbonyl (C=O) groups is 2. The summed E-state index contributed by atoms with van der Waals surface area (Å²) in [7, 11) is 0. The average molecular weight is 295 g/mol. The molecule has 21 heavy (non-hydrogen) atoms. The van der Waals surface area contributed by atoms with Gasteiger partial charge in [-0.25, -0.2) is 0 Å². The van der Waals surface area contributed by atoms with Gasteiger partial charge in [0.25, 0.3) is 0 Å². The zero-order valence-corrected chi connectivity index (χ0v) is 12.1. The lowest BCUT2D eigenvalue weighted by molar-refractivity contribution is -0.136. The van der Waals surface area contributed by atoms with Crippen LogP contribution in [0.4, 0.5) is 5.82 Å². The fourth-order valence-electron chi connectivity index (χ4n) is 2.56. The maximum Gasteiger partial charge on any atom is 0.314 e. The molecule has 2 amide bonds.